The molecule has 1 fully saturated rings. The molecule has 1 amide bonds. The van der Waals surface area contributed by atoms with Crippen LogP contribution in [-0.2, 0) is 11.3 Å². The second-order valence-electron chi connectivity index (χ2n) is 6.09. The zero-order chi connectivity index (χ0) is 14.5. The zero-order valence-electron chi connectivity index (χ0n) is 12.9. The summed E-state index contributed by atoms with van der Waals surface area (Å²) in [6.45, 7) is 5.67. The number of likely N-dealkylation sites (N-methyl/N-ethyl adjacent to an activating group) is 1. The Morgan fingerprint density at radius 2 is 1.80 bits per heavy atom. The fraction of sp³-hybridized carbons (Fsp3) is 0.588. The lowest BCUT2D eigenvalue weighted by Crippen LogP contribution is -2.50. The molecule has 2 unspecified atom stereocenters. The molecule has 0 radical (unpaired) electrons. The molecule has 0 spiro atoms. The van der Waals surface area contributed by atoms with E-state index < -0.39 is 0 Å². The molecule has 0 aromatic heterocycles. The van der Waals surface area contributed by atoms with Crippen LogP contribution in [0, 0.1) is 0 Å². The van der Waals surface area contributed by atoms with Crippen molar-refractivity contribution in [1.29, 1.82) is 0 Å². The molecular formula is C17H26N2O. The summed E-state index contributed by atoms with van der Waals surface area (Å²) in [5.74, 6) is 0.267. The van der Waals surface area contributed by atoms with Gasteiger partial charge in [0, 0.05) is 18.6 Å². The Balaban J connectivity index is 1.90. The number of amides is 1. The molecule has 0 aliphatic carbocycles. The summed E-state index contributed by atoms with van der Waals surface area (Å²) >= 11 is 0. The molecule has 3 heteroatoms. The molecule has 0 N–H and O–H groups in total. The summed E-state index contributed by atoms with van der Waals surface area (Å²) in [6, 6.07) is 11.1. The Labute approximate surface area is 122 Å². The highest BCUT2D eigenvalue weighted by Gasteiger charge is 2.29. The van der Waals surface area contributed by atoms with Gasteiger partial charge in [0.25, 0.3) is 0 Å². The second-order valence-corrected chi connectivity index (χ2v) is 6.09. The van der Waals surface area contributed by atoms with Crippen molar-refractivity contribution < 1.29 is 4.79 Å². The van der Waals surface area contributed by atoms with Crippen molar-refractivity contribution in [2.45, 2.75) is 51.7 Å². The Hall–Kier alpha value is -1.35. The van der Waals surface area contributed by atoms with Gasteiger partial charge in [-0.2, -0.15) is 0 Å². The van der Waals surface area contributed by atoms with E-state index in [1.54, 1.807) is 0 Å². The summed E-state index contributed by atoms with van der Waals surface area (Å²) in [6.07, 6.45) is 3.52. The lowest BCUT2D eigenvalue weighted by Gasteiger charge is -2.39. The largest absolute Gasteiger partial charge is 0.336 e. The van der Waals surface area contributed by atoms with Gasteiger partial charge < -0.3 is 4.90 Å². The topological polar surface area (TPSA) is 23.6 Å². The predicted molar refractivity (Wildman–Crippen MR) is 82.4 cm³/mol. The number of benzene rings is 1. The van der Waals surface area contributed by atoms with Gasteiger partial charge in [0.1, 0.15) is 0 Å². The molecule has 3 nitrogen and oxygen atoms in total. The lowest BCUT2D eigenvalue weighted by molar-refractivity contribution is -0.138. The van der Waals surface area contributed by atoms with E-state index in [9.17, 15) is 4.79 Å². The Morgan fingerprint density at radius 3 is 2.40 bits per heavy atom. The van der Waals surface area contributed by atoms with E-state index >= 15 is 0 Å². The Morgan fingerprint density at radius 1 is 1.20 bits per heavy atom. The molecule has 2 atom stereocenters. The van der Waals surface area contributed by atoms with Gasteiger partial charge in [0.15, 0.2) is 0 Å². The summed E-state index contributed by atoms with van der Waals surface area (Å²) in [5.41, 5.74) is 1.25. The van der Waals surface area contributed by atoms with Gasteiger partial charge in [-0.05, 0) is 45.7 Å². The molecule has 2 rings (SSSR count). The Bertz CT molecular complexity index is 422. The maximum atomic E-state index is 12.5. The van der Waals surface area contributed by atoms with Crippen LogP contribution in [0.3, 0.4) is 0 Å². The molecule has 20 heavy (non-hydrogen) atoms. The smallest absolute Gasteiger partial charge is 0.237 e. The van der Waals surface area contributed by atoms with Crippen LogP contribution in [0.2, 0.25) is 0 Å². The van der Waals surface area contributed by atoms with Crippen molar-refractivity contribution in [3.63, 3.8) is 0 Å². The van der Waals surface area contributed by atoms with Gasteiger partial charge in [0.05, 0.1) is 6.54 Å². The monoisotopic (exact) mass is 274 g/mol. The van der Waals surface area contributed by atoms with Crippen molar-refractivity contribution in [3.8, 4) is 0 Å². The van der Waals surface area contributed by atoms with Gasteiger partial charge in [0.2, 0.25) is 5.91 Å². The molecule has 1 saturated heterocycles. The highest BCUT2D eigenvalue weighted by molar-refractivity contribution is 5.79. The number of piperidine rings is 1. The first-order chi connectivity index (χ1) is 9.58. The highest BCUT2D eigenvalue weighted by atomic mass is 16.2. The molecule has 1 aliphatic heterocycles. The number of hydrogen-bond donors (Lipinski definition) is 0. The van der Waals surface area contributed by atoms with Crippen LogP contribution in [0.1, 0.15) is 38.7 Å². The SMILES string of the molecule is CC1CCCC(C)N1C(=O)CN(C)Cc1ccccc1. The van der Waals surface area contributed by atoms with Gasteiger partial charge in [-0.25, -0.2) is 0 Å². The van der Waals surface area contributed by atoms with E-state index in [-0.39, 0.29) is 5.91 Å². The van der Waals surface area contributed by atoms with Gasteiger partial charge in [-0.1, -0.05) is 30.3 Å². The first kappa shape index (κ1) is 15.0. The van der Waals surface area contributed by atoms with Gasteiger partial charge in [-0.15, -0.1) is 0 Å². The predicted octanol–water partition coefficient (Wildman–Crippen LogP) is 2.91. The first-order valence-electron chi connectivity index (χ1n) is 7.61. The van der Waals surface area contributed by atoms with Crippen LogP contribution in [0.25, 0.3) is 0 Å². The maximum absolute atomic E-state index is 12.5. The normalized spacial score (nSPS) is 23.1. The third-order valence-corrected chi connectivity index (χ3v) is 4.18. The maximum Gasteiger partial charge on any atom is 0.237 e. The van der Waals surface area contributed by atoms with E-state index in [4.69, 9.17) is 0 Å². The molecule has 1 aromatic rings. The number of rotatable bonds is 4. The van der Waals surface area contributed by atoms with Crippen LogP contribution in [-0.4, -0.2) is 41.4 Å². The van der Waals surface area contributed by atoms with Crippen molar-refractivity contribution >= 4 is 5.91 Å². The van der Waals surface area contributed by atoms with Crippen molar-refractivity contribution in [3.05, 3.63) is 35.9 Å². The number of carbonyl (C=O) groups is 1. The number of nitrogens with zero attached hydrogens (tertiary/aromatic N) is 2. The molecule has 1 aliphatic rings. The minimum atomic E-state index is 0.267. The minimum Gasteiger partial charge on any atom is -0.336 e. The summed E-state index contributed by atoms with van der Waals surface area (Å²) in [7, 11) is 2.02. The molecule has 0 saturated carbocycles. The fourth-order valence-corrected chi connectivity index (χ4v) is 3.18. The number of likely N-dealkylation sites (tertiary alicyclic amines) is 1. The third-order valence-electron chi connectivity index (χ3n) is 4.18. The highest BCUT2D eigenvalue weighted by Crippen LogP contribution is 2.22. The molecule has 110 valence electrons. The van der Waals surface area contributed by atoms with Crippen LogP contribution in [0.15, 0.2) is 30.3 Å². The molecule has 1 aromatic carbocycles. The average molecular weight is 274 g/mol. The summed E-state index contributed by atoms with van der Waals surface area (Å²) in [4.78, 5) is 16.7. The van der Waals surface area contributed by atoms with Crippen LogP contribution in [0.5, 0.6) is 0 Å². The van der Waals surface area contributed by atoms with Crippen LogP contribution < -0.4 is 0 Å². The third kappa shape index (κ3) is 3.83. The average Bonchev–Trinajstić information content (AvgIpc) is 2.39. The van der Waals surface area contributed by atoms with E-state index in [1.807, 2.05) is 25.2 Å². The quantitative estimate of drug-likeness (QED) is 0.843. The van der Waals surface area contributed by atoms with Gasteiger partial charge >= 0.3 is 0 Å². The van der Waals surface area contributed by atoms with E-state index in [2.05, 4.69) is 35.8 Å². The lowest BCUT2D eigenvalue weighted by atomic mass is 9.97. The minimum absolute atomic E-state index is 0.267. The van der Waals surface area contributed by atoms with E-state index in [0.29, 0.717) is 18.6 Å². The van der Waals surface area contributed by atoms with Crippen molar-refractivity contribution in [2.75, 3.05) is 13.6 Å². The molecule has 1 heterocycles. The van der Waals surface area contributed by atoms with Crippen LogP contribution >= 0.6 is 0 Å². The first-order valence-corrected chi connectivity index (χ1v) is 7.61. The molecule has 0 bridgehead atoms. The zero-order valence-corrected chi connectivity index (χ0v) is 12.9. The Kier molecular flexibility index (Phi) is 5.18. The second kappa shape index (κ2) is 6.89. The number of carbonyl (C=O) groups excluding carboxylic acids is 1. The molecular weight excluding hydrogens is 248 g/mol. The van der Waals surface area contributed by atoms with Crippen molar-refractivity contribution in [1.82, 2.24) is 9.80 Å². The van der Waals surface area contributed by atoms with Gasteiger partial charge in [-0.3, -0.25) is 9.69 Å². The van der Waals surface area contributed by atoms with E-state index in [0.717, 1.165) is 19.4 Å². The van der Waals surface area contributed by atoms with Crippen LogP contribution in [0.4, 0.5) is 0 Å². The van der Waals surface area contributed by atoms with E-state index in [1.165, 1.54) is 12.0 Å². The summed E-state index contributed by atoms with van der Waals surface area (Å²) in [5, 5.41) is 0. The number of hydrogen-bond acceptors (Lipinski definition) is 2. The van der Waals surface area contributed by atoms with Crippen molar-refractivity contribution in [2.24, 2.45) is 0 Å². The fourth-order valence-electron chi connectivity index (χ4n) is 3.18. The summed E-state index contributed by atoms with van der Waals surface area (Å²) < 4.78 is 0. The standard InChI is InChI=1S/C17H26N2O/c1-14-8-7-9-15(2)19(14)17(20)13-18(3)12-16-10-5-4-6-11-16/h4-6,10-11,14-15H,7-9,12-13H2,1-3H3.